The van der Waals surface area contributed by atoms with E-state index in [1.807, 2.05) is 12.1 Å². The molecule has 2 aromatic carbocycles. The summed E-state index contributed by atoms with van der Waals surface area (Å²) in [5, 5.41) is 26.0. The number of nitro groups is 1. The molecular formula is C22H20N4O2S. The highest BCUT2D eigenvalue weighted by molar-refractivity contribution is 7.11. The zero-order chi connectivity index (χ0) is 20.6. The highest BCUT2D eigenvalue weighted by Crippen LogP contribution is 2.28. The smallest absolute Gasteiger partial charge is 0.270 e. The zero-order valence-corrected chi connectivity index (χ0v) is 16.8. The third-order valence-corrected chi connectivity index (χ3v) is 5.24. The maximum Gasteiger partial charge on any atom is 0.270 e. The minimum Gasteiger partial charge on any atom is -0.360 e. The Bertz CT molecular complexity index is 1060. The SMILES string of the molecule is CCCCc1ccc(NC=C(C#N)c2nc(-c3cccc([N+](=O)[O-])c3)cs2)cc1. The Balaban J connectivity index is 1.74. The fraction of sp³-hybridized carbons (Fsp3) is 0.182. The topological polar surface area (TPSA) is 91.8 Å². The molecule has 0 saturated carbocycles. The van der Waals surface area contributed by atoms with Crippen molar-refractivity contribution in [2.24, 2.45) is 0 Å². The molecule has 0 spiro atoms. The molecule has 1 N–H and O–H groups in total. The number of thiazole rings is 1. The van der Waals surface area contributed by atoms with Crippen molar-refractivity contribution in [2.75, 3.05) is 5.32 Å². The number of hydrogen-bond donors (Lipinski definition) is 1. The predicted molar refractivity (Wildman–Crippen MR) is 116 cm³/mol. The van der Waals surface area contributed by atoms with Gasteiger partial charge in [-0.1, -0.05) is 37.6 Å². The Kier molecular flexibility index (Phi) is 6.72. The fourth-order valence-electron chi connectivity index (χ4n) is 2.75. The van der Waals surface area contributed by atoms with Crippen molar-refractivity contribution in [2.45, 2.75) is 26.2 Å². The first kappa shape index (κ1) is 20.2. The molecule has 0 aliphatic rings. The summed E-state index contributed by atoms with van der Waals surface area (Å²) in [6.45, 7) is 2.17. The van der Waals surface area contributed by atoms with Gasteiger partial charge in [-0.3, -0.25) is 10.1 Å². The van der Waals surface area contributed by atoms with Gasteiger partial charge in [0.25, 0.3) is 5.69 Å². The monoisotopic (exact) mass is 404 g/mol. The third-order valence-electron chi connectivity index (χ3n) is 4.36. The van der Waals surface area contributed by atoms with Crippen LogP contribution in [0.15, 0.2) is 60.1 Å². The molecule has 0 unspecified atom stereocenters. The van der Waals surface area contributed by atoms with E-state index < -0.39 is 4.92 Å². The van der Waals surface area contributed by atoms with Gasteiger partial charge in [0.05, 0.1) is 10.6 Å². The summed E-state index contributed by atoms with van der Waals surface area (Å²) in [7, 11) is 0. The minimum atomic E-state index is -0.436. The summed E-state index contributed by atoms with van der Waals surface area (Å²) in [6.07, 6.45) is 5.04. The molecule has 0 fully saturated rings. The molecule has 3 aromatic rings. The van der Waals surface area contributed by atoms with E-state index in [9.17, 15) is 15.4 Å². The number of rotatable bonds is 8. The molecule has 29 heavy (non-hydrogen) atoms. The summed E-state index contributed by atoms with van der Waals surface area (Å²) in [4.78, 5) is 15.0. The van der Waals surface area contributed by atoms with Gasteiger partial charge in [-0.2, -0.15) is 5.26 Å². The average Bonchev–Trinajstić information content (AvgIpc) is 3.24. The van der Waals surface area contributed by atoms with Crippen LogP contribution in [0.5, 0.6) is 0 Å². The van der Waals surface area contributed by atoms with Crippen LogP contribution in [0.4, 0.5) is 11.4 Å². The van der Waals surface area contributed by atoms with E-state index in [-0.39, 0.29) is 5.69 Å². The molecule has 0 bridgehead atoms. The molecule has 7 heteroatoms. The summed E-state index contributed by atoms with van der Waals surface area (Å²) in [6, 6.07) is 16.6. The first-order valence-corrected chi connectivity index (χ1v) is 10.1. The van der Waals surface area contributed by atoms with E-state index >= 15 is 0 Å². The second kappa shape index (κ2) is 9.62. The molecule has 6 nitrogen and oxygen atoms in total. The number of nitrogens with one attached hydrogen (secondary N) is 1. The van der Waals surface area contributed by atoms with Crippen molar-refractivity contribution in [3.8, 4) is 17.3 Å². The number of anilines is 1. The number of nitriles is 1. The van der Waals surface area contributed by atoms with Crippen LogP contribution >= 0.6 is 11.3 Å². The summed E-state index contributed by atoms with van der Waals surface area (Å²) in [5.41, 5.74) is 3.86. The lowest BCUT2D eigenvalue weighted by atomic mass is 10.1. The number of unbranched alkanes of at least 4 members (excludes halogenated alkanes) is 1. The second-order valence-corrected chi connectivity index (χ2v) is 7.32. The standard InChI is InChI=1S/C22H20N4O2S/c1-2-3-5-16-8-10-19(11-9-16)24-14-18(13-23)22-25-21(15-29-22)17-6-4-7-20(12-17)26(27)28/h4,6-12,14-15,24H,2-3,5H2,1H3. The Labute approximate surface area is 173 Å². The Hall–Kier alpha value is -3.50. The summed E-state index contributed by atoms with van der Waals surface area (Å²) >= 11 is 1.33. The number of aryl methyl sites for hydroxylation is 1. The van der Waals surface area contributed by atoms with E-state index in [1.54, 1.807) is 23.7 Å². The molecular weight excluding hydrogens is 384 g/mol. The molecule has 146 valence electrons. The molecule has 0 aliphatic heterocycles. The van der Waals surface area contributed by atoms with Gasteiger partial charge in [0.15, 0.2) is 0 Å². The average molecular weight is 404 g/mol. The van der Waals surface area contributed by atoms with Gasteiger partial charge in [-0.15, -0.1) is 11.3 Å². The highest BCUT2D eigenvalue weighted by atomic mass is 32.1. The van der Waals surface area contributed by atoms with Crippen LogP contribution in [-0.2, 0) is 6.42 Å². The van der Waals surface area contributed by atoms with Gasteiger partial charge >= 0.3 is 0 Å². The van der Waals surface area contributed by atoms with E-state index in [4.69, 9.17) is 0 Å². The summed E-state index contributed by atoms with van der Waals surface area (Å²) < 4.78 is 0. The first-order valence-electron chi connectivity index (χ1n) is 9.27. The van der Waals surface area contributed by atoms with Crippen molar-refractivity contribution in [3.63, 3.8) is 0 Å². The highest BCUT2D eigenvalue weighted by Gasteiger charge is 2.12. The molecule has 3 rings (SSSR count). The normalized spacial score (nSPS) is 11.1. The van der Waals surface area contributed by atoms with E-state index in [2.05, 4.69) is 35.4 Å². The predicted octanol–water partition coefficient (Wildman–Crippen LogP) is 6.04. The molecule has 0 saturated heterocycles. The number of allylic oxidation sites excluding steroid dienone is 1. The van der Waals surface area contributed by atoms with Gasteiger partial charge in [0.2, 0.25) is 0 Å². The van der Waals surface area contributed by atoms with Gasteiger partial charge in [0.1, 0.15) is 16.6 Å². The van der Waals surface area contributed by atoms with Crippen LogP contribution in [0.3, 0.4) is 0 Å². The van der Waals surface area contributed by atoms with Crippen LogP contribution in [0, 0.1) is 21.4 Å². The van der Waals surface area contributed by atoms with Crippen LogP contribution in [0.25, 0.3) is 16.8 Å². The largest absolute Gasteiger partial charge is 0.360 e. The van der Waals surface area contributed by atoms with Crippen molar-refractivity contribution in [3.05, 3.63) is 80.8 Å². The lowest BCUT2D eigenvalue weighted by molar-refractivity contribution is -0.384. The maximum atomic E-state index is 11.0. The van der Waals surface area contributed by atoms with E-state index in [0.29, 0.717) is 21.8 Å². The van der Waals surface area contributed by atoms with Gasteiger partial charge < -0.3 is 5.32 Å². The molecule has 0 atom stereocenters. The van der Waals surface area contributed by atoms with Gasteiger partial charge in [-0.25, -0.2) is 4.98 Å². The molecule has 1 heterocycles. The lowest BCUT2D eigenvalue weighted by Crippen LogP contribution is -1.92. The number of benzene rings is 2. The van der Waals surface area contributed by atoms with Crippen molar-refractivity contribution in [1.82, 2.24) is 4.98 Å². The number of nitrogens with zero attached hydrogens (tertiary/aromatic N) is 3. The van der Waals surface area contributed by atoms with Crippen LogP contribution in [0.2, 0.25) is 0 Å². The second-order valence-electron chi connectivity index (χ2n) is 6.46. The van der Waals surface area contributed by atoms with E-state index in [1.165, 1.54) is 41.9 Å². The Morgan fingerprint density at radius 3 is 2.79 bits per heavy atom. The quantitative estimate of drug-likeness (QED) is 0.281. The third kappa shape index (κ3) is 5.27. The Morgan fingerprint density at radius 1 is 1.31 bits per heavy atom. The van der Waals surface area contributed by atoms with Crippen LogP contribution < -0.4 is 5.32 Å². The minimum absolute atomic E-state index is 0.0112. The van der Waals surface area contributed by atoms with Crippen LogP contribution in [-0.4, -0.2) is 9.91 Å². The first-order chi connectivity index (χ1) is 14.1. The zero-order valence-electron chi connectivity index (χ0n) is 16.0. The van der Waals surface area contributed by atoms with Crippen molar-refractivity contribution < 1.29 is 4.92 Å². The van der Waals surface area contributed by atoms with Crippen molar-refractivity contribution >= 4 is 28.3 Å². The van der Waals surface area contributed by atoms with Crippen LogP contribution in [0.1, 0.15) is 30.3 Å². The lowest BCUT2D eigenvalue weighted by Gasteiger charge is -2.04. The maximum absolute atomic E-state index is 11.0. The summed E-state index contributed by atoms with van der Waals surface area (Å²) in [5.74, 6) is 0. The van der Waals surface area contributed by atoms with Crippen molar-refractivity contribution in [1.29, 1.82) is 5.26 Å². The van der Waals surface area contributed by atoms with E-state index in [0.717, 1.165) is 12.1 Å². The number of nitro benzene ring substituents is 1. The number of hydrogen-bond acceptors (Lipinski definition) is 6. The molecule has 0 amide bonds. The van der Waals surface area contributed by atoms with Gasteiger partial charge in [-0.05, 0) is 30.5 Å². The molecule has 1 aromatic heterocycles. The number of aromatic nitrogens is 1. The fourth-order valence-corrected chi connectivity index (χ4v) is 3.55. The molecule has 0 radical (unpaired) electrons. The van der Waals surface area contributed by atoms with Gasteiger partial charge in [0, 0.05) is 35.0 Å². The number of non-ortho nitro benzene ring substituents is 1. The Morgan fingerprint density at radius 2 is 2.10 bits per heavy atom. The molecule has 0 aliphatic carbocycles.